The Labute approximate surface area is 118 Å². The second-order valence-electron chi connectivity index (χ2n) is 4.51. The molecule has 3 nitrogen and oxygen atoms in total. The van der Waals surface area contributed by atoms with Crippen LogP contribution >= 0.6 is 11.3 Å². The monoisotopic (exact) mass is 276 g/mol. The zero-order chi connectivity index (χ0) is 13.7. The zero-order valence-electron chi connectivity index (χ0n) is 11.6. The lowest BCUT2D eigenvalue weighted by Crippen LogP contribution is -2.17. The molecule has 0 bridgehead atoms. The fraction of sp³-hybridized carbons (Fsp3) is 0.400. The van der Waals surface area contributed by atoms with Crippen molar-refractivity contribution in [1.82, 2.24) is 10.3 Å². The second-order valence-corrected chi connectivity index (χ2v) is 5.45. The third kappa shape index (κ3) is 3.78. The molecular formula is C15H20N2OS. The first kappa shape index (κ1) is 14.0. The molecule has 1 N–H and O–H groups in total. The quantitative estimate of drug-likeness (QED) is 0.873. The molecule has 0 spiro atoms. The number of nitrogens with one attached hydrogen (secondary N) is 1. The minimum Gasteiger partial charge on any atom is -0.478 e. The number of thiophene rings is 1. The standard InChI is InChI=1S/C15H20N2OS/c1-4-18-14-9-13(5-7-16-14)10-17-12(3)15-11(2)6-8-19-15/h5-9,12,17H,4,10H2,1-3H3/t12-/m1/s1. The van der Waals surface area contributed by atoms with Crippen molar-refractivity contribution in [3.63, 3.8) is 0 Å². The van der Waals surface area contributed by atoms with Crippen molar-refractivity contribution < 1.29 is 4.74 Å². The van der Waals surface area contributed by atoms with Crippen molar-refractivity contribution in [1.29, 1.82) is 0 Å². The van der Waals surface area contributed by atoms with Crippen molar-refractivity contribution in [2.45, 2.75) is 33.4 Å². The minimum atomic E-state index is 0.365. The summed E-state index contributed by atoms with van der Waals surface area (Å²) in [6.45, 7) is 7.79. The highest BCUT2D eigenvalue weighted by molar-refractivity contribution is 7.10. The summed E-state index contributed by atoms with van der Waals surface area (Å²) in [6.07, 6.45) is 1.79. The largest absolute Gasteiger partial charge is 0.478 e. The van der Waals surface area contributed by atoms with E-state index in [-0.39, 0.29) is 0 Å². The van der Waals surface area contributed by atoms with Gasteiger partial charge in [-0.25, -0.2) is 4.98 Å². The first-order valence-electron chi connectivity index (χ1n) is 6.55. The minimum absolute atomic E-state index is 0.365. The van der Waals surface area contributed by atoms with Gasteiger partial charge < -0.3 is 10.1 Å². The normalized spacial score (nSPS) is 12.4. The molecule has 1 atom stereocenters. The van der Waals surface area contributed by atoms with Crippen LogP contribution in [0.2, 0.25) is 0 Å². The van der Waals surface area contributed by atoms with E-state index in [4.69, 9.17) is 4.74 Å². The van der Waals surface area contributed by atoms with Crippen LogP contribution in [0.25, 0.3) is 0 Å². The lowest BCUT2D eigenvalue weighted by molar-refractivity contribution is 0.326. The number of nitrogens with zero attached hydrogens (tertiary/aromatic N) is 1. The van der Waals surface area contributed by atoms with E-state index in [0.29, 0.717) is 18.5 Å². The molecule has 0 aliphatic rings. The number of rotatable bonds is 6. The first-order chi connectivity index (χ1) is 9.20. The van der Waals surface area contributed by atoms with Crippen molar-refractivity contribution in [3.05, 3.63) is 45.8 Å². The molecule has 0 amide bonds. The third-order valence-electron chi connectivity index (χ3n) is 3.00. The van der Waals surface area contributed by atoms with Gasteiger partial charge in [0.05, 0.1) is 6.61 Å². The maximum Gasteiger partial charge on any atom is 0.213 e. The molecule has 0 radical (unpaired) electrons. The maximum absolute atomic E-state index is 5.41. The number of aryl methyl sites for hydroxylation is 1. The third-order valence-corrected chi connectivity index (χ3v) is 4.20. The van der Waals surface area contributed by atoms with Gasteiger partial charge in [0.15, 0.2) is 0 Å². The van der Waals surface area contributed by atoms with Crippen LogP contribution in [-0.4, -0.2) is 11.6 Å². The van der Waals surface area contributed by atoms with Crippen LogP contribution in [0.15, 0.2) is 29.8 Å². The molecule has 0 aliphatic carbocycles. The van der Waals surface area contributed by atoms with Crippen molar-refractivity contribution in [3.8, 4) is 5.88 Å². The summed E-state index contributed by atoms with van der Waals surface area (Å²) in [5.74, 6) is 0.696. The summed E-state index contributed by atoms with van der Waals surface area (Å²) in [5, 5.41) is 5.68. The predicted molar refractivity (Wildman–Crippen MR) is 79.7 cm³/mol. The number of aromatic nitrogens is 1. The van der Waals surface area contributed by atoms with Gasteiger partial charge in [-0.3, -0.25) is 0 Å². The van der Waals surface area contributed by atoms with Crippen molar-refractivity contribution in [2.75, 3.05) is 6.61 Å². The summed E-state index contributed by atoms with van der Waals surface area (Å²) in [4.78, 5) is 5.57. The Balaban J connectivity index is 1.95. The molecular weight excluding hydrogens is 256 g/mol. The van der Waals surface area contributed by atoms with E-state index in [1.54, 1.807) is 17.5 Å². The number of hydrogen-bond donors (Lipinski definition) is 1. The molecule has 102 valence electrons. The highest BCUT2D eigenvalue weighted by atomic mass is 32.1. The van der Waals surface area contributed by atoms with Crippen LogP contribution < -0.4 is 10.1 Å². The van der Waals surface area contributed by atoms with E-state index in [1.165, 1.54) is 16.0 Å². The zero-order valence-corrected chi connectivity index (χ0v) is 12.5. The van der Waals surface area contributed by atoms with Gasteiger partial charge in [0.2, 0.25) is 5.88 Å². The van der Waals surface area contributed by atoms with E-state index < -0.39 is 0 Å². The van der Waals surface area contributed by atoms with Crippen LogP contribution in [0.3, 0.4) is 0 Å². The number of hydrogen-bond acceptors (Lipinski definition) is 4. The molecule has 0 saturated carbocycles. The Morgan fingerprint density at radius 2 is 2.26 bits per heavy atom. The predicted octanol–water partition coefficient (Wildman–Crippen LogP) is 3.70. The van der Waals surface area contributed by atoms with E-state index >= 15 is 0 Å². The lowest BCUT2D eigenvalue weighted by Gasteiger charge is -2.14. The van der Waals surface area contributed by atoms with Crippen LogP contribution in [0.5, 0.6) is 5.88 Å². The van der Waals surface area contributed by atoms with Gasteiger partial charge in [0.1, 0.15) is 0 Å². The van der Waals surface area contributed by atoms with Crippen LogP contribution in [0.1, 0.15) is 35.9 Å². The van der Waals surface area contributed by atoms with Gasteiger partial charge in [0.25, 0.3) is 0 Å². The van der Waals surface area contributed by atoms with Gasteiger partial charge in [-0.05, 0) is 49.4 Å². The molecule has 0 unspecified atom stereocenters. The van der Waals surface area contributed by atoms with E-state index in [0.717, 1.165) is 6.54 Å². The number of pyridine rings is 1. The Hall–Kier alpha value is -1.39. The Morgan fingerprint density at radius 1 is 1.42 bits per heavy atom. The molecule has 19 heavy (non-hydrogen) atoms. The first-order valence-corrected chi connectivity index (χ1v) is 7.43. The van der Waals surface area contributed by atoms with Crippen LogP contribution in [0, 0.1) is 6.92 Å². The Morgan fingerprint density at radius 3 is 2.95 bits per heavy atom. The van der Waals surface area contributed by atoms with Gasteiger partial charge in [-0.1, -0.05) is 0 Å². The molecule has 0 fully saturated rings. The van der Waals surface area contributed by atoms with Gasteiger partial charge in [-0.15, -0.1) is 11.3 Å². The van der Waals surface area contributed by atoms with Crippen molar-refractivity contribution in [2.24, 2.45) is 0 Å². The van der Waals surface area contributed by atoms with Crippen molar-refractivity contribution >= 4 is 11.3 Å². The van der Waals surface area contributed by atoms with Crippen LogP contribution in [0.4, 0.5) is 0 Å². The summed E-state index contributed by atoms with van der Waals surface area (Å²) >= 11 is 1.80. The summed E-state index contributed by atoms with van der Waals surface area (Å²) in [5.41, 5.74) is 2.55. The Bertz CT molecular complexity index is 524. The van der Waals surface area contributed by atoms with Gasteiger partial charge in [0, 0.05) is 29.7 Å². The topological polar surface area (TPSA) is 34.1 Å². The molecule has 2 rings (SSSR count). The fourth-order valence-electron chi connectivity index (χ4n) is 1.98. The fourth-order valence-corrected chi connectivity index (χ4v) is 2.94. The summed E-state index contributed by atoms with van der Waals surface area (Å²) in [7, 11) is 0. The molecule has 4 heteroatoms. The second kappa shape index (κ2) is 6.68. The molecule has 0 aromatic carbocycles. The summed E-state index contributed by atoms with van der Waals surface area (Å²) < 4.78 is 5.41. The SMILES string of the molecule is CCOc1cc(CN[C@H](C)c2sccc2C)ccn1. The maximum atomic E-state index is 5.41. The molecule has 2 aromatic rings. The molecule has 0 aliphatic heterocycles. The highest BCUT2D eigenvalue weighted by Crippen LogP contribution is 2.23. The average Bonchev–Trinajstić information content (AvgIpc) is 2.83. The van der Waals surface area contributed by atoms with E-state index in [9.17, 15) is 0 Å². The van der Waals surface area contributed by atoms with Gasteiger partial charge in [-0.2, -0.15) is 0 Å². The van der Waals surface area contributed by atoms with Crippen LogP contribution in [-0.2, 0) is 6.54 Å². The smallest absolute Gasteiger partial charge is 0.213 e. The molecule has 2 heterocycles. The van der Waals surface area contributed by atoms with Gasteiger partial charge >= 0.3 is 0 Å². The van der Waals surface area contributed by atoms with E-state index in [1.807, 2.05) is 19.1 Å². The Kier molecular flexibility index (Phi) is 4.93. The van der Waals surface area contributed by atoms with E-state index in [2.05, 4.69) is 35.6 Å². The highest BCUT2D eigenvalue weighted by Gasteiger charge is 2.09. The summed E-state index contributed by atoms with van der Waals surface area (Å²) in [6, 6.07) is 6.54. The lowest BCUT2D eigenvalue weighted by atomic mass is 10.2. The molecule has 0 saturated heterocycles. The average molecular weight is 276 g/mol. The number of ether oxygens (including phenoxy) is 1. The molecule has 2 aromatic heterocycles.